The maximum absolute atomic E-state index is 5.92. The average molecular weight is 283 g/mol. The molecule has 1 heterocycles. The van der Waals surface area contributed by atoms with E-state index < -0.39 is 0 Å². The molecule has 2 bridgehead atoms. The number of imidazole rings is 1. The van der Waals surface area contributed by atoms with Crippen LogP contribution in [0.2, 0.25) is 0 Å². The standard InChI is InChI=1S/C18H25N3/c1-2-3-18-20-16-10-15(19)6-7-17(16)21(18)11-14-9-12-4-5-13(14)8-12/h6-7,10,12-14H,2-5,8-9,11,19H2,1H3. The third-order valence-electron chi connectivity index (χ3n) is 5.63. The van der Waals surface area contributed by atoms with Gasteiger partial charge < -0.3 is 10.3 Å². The number of aryl methyl sites for hydroxylation is 1. The molecule has 3 heteroatoms. The fraction of sp³-hybridized carbons (Fsp3) is 0.611. The summed E-state index contributed by atoms with van der Waals surface area (Å²) in [6, 6.07) is 6.19. The number of nitrogens with two attached hydrogens (primary N) is 1. The molecule has 2 aliphatic rings. The minimum absolute atomic E-state index is 0.815. The van der Waals surface area contributed by atoms with Crippen LogP contribution in [-0.2, 0) is 13.0 Å². The monoisotopic (exact) mass is 283 g/mol. The van der Waals surface area contributed by atoms with Gasteiger partial charge in [-0.25, -0.2) is 4.98 Å². The second-order valence-corrected chi connectivity index (χ2v) is 7.07. The Morgan fingerprint density at radius 1 is 1.29 bits per heavy atom. The van der Waals surface area contributed by atoms with E-state index in [0.29, 0.717) is 0 Å². The van der Waals surface area contributed by atoms with E-state index in [1.54, 1.807) is 0 Å². The Bertz CT molecular complexity index is 658. The van der Waals surface area contributed by atoms with Crippen molar-refractivity contribution in [2.75, 3.05) is 5.73 Å². The lowest BCUT2D eigenvalue weighted by Crippen LogP contribution is -2.18. The van der Waals surface area contributed by atoms with Crippen LogP contribution in [0.15, 0.2) is 18.2 Å². The van der Waals surface area contributed by atoms with E-state index in [0.717, 1.165) is 48.3 Å². The topological polar surface area (TPSA) is 43.8 Å². The summed E-state index contributed by atoms with van der Waals surface area (Å²) in [4.78, 5) is 4.85. The summed E-state index contributed by atoms with van der Waals surface area (Å²) in [5, 5.41) is 0. The van der Waals surface area contributed by atoms with Gasteiger partial charge in [-0.2, -0.15) is 0 Å². The van der Waals surface area contributed by atoms with Crippen LogP contribution in [0.25, 0.3) is 11.0 Å². The molecule has 0 aliphatic heterocycles. The van der Waals surface area contributed by atoms with Gasteiger partial charge in [-0.3, -0.25) is 0 Å². The van der Waals surface area contributed by atoms with Crippen molar-refractivity contribution < 1.29 is 0 Å². The van der Waals surface area contributed by atoms with Crippen molar-refractivity contribution in [1.82, 2.24) is 9.55 Å². The van der Waals surface area contributed by atoms with E-state index in [2.05, 4.69) is 17.6 Å². The Labute approximate surface area is 126 Å². The maximum Gasteiger partial charge on any atom is 0.109 e. The number of aromatic nitrogens is 2. The number of fused-ring (bicyclic) bond motifs is 3. The highest BCUT2D eigenvalue weighted by Crippen LogP contribution is 2.49. The SMILES string of the molecule is CCCc1nc2cc(N)ccc2n1CC1CC2CCC1C2. The van der Waals surface area contributed by atoms with Crippen molar-refractivity contribution in [2.45, 2.75) is 52.0 Å². The zero-order valence-electron chi connectivity index (χ0n) is 12.9. The largest absolute Gasteiger partial charge is 0.399 e. The van der Waals surface area contributed by atoms with E-state index in [9.17, 15) is 0 Å². The molecule has 3 nitrogen and oxygen atoms in total. The molecule has 0 radical (unpaired) electrons. The van der Waals surface area contributed by atoms with E-state index in [4.69, 9.17) is 10.7 Å². The molecule has 0 saturated heterocycles. The van der Waals surface area contributed by atoms with Crippen molar-refractivity contribution in [3.05, 3.63) is 24.0 Å². The number of nitrogens with zero attached hydrogens (tertiary/aromatic N) is 2. The predicted molar refractivity (Wildman–Crippen MR) is 87.1 cm³/mol. The summed E-state index contributed by atoms with van der Waals surface area (Å²) in [6.07, 6.45) is 8.06. The van der Waals surface area contributed by atoms with Crippen LogP contribution in [0.4, 0.5) is 5.69 Å². The summed E-state index contributed by atoms with van der Waals surface area (Å²) in [5.41, 5.74) is 9.08. The van der Waals surface area contributed by atoms with Crippen LogP contribution in [-0.4, -0.2) is 9.55 Å². The van der Waals surface area contributed by atoms with Crippen molar-refractivity contribution in [2.24, 2.45) is 17.8 Å². The fourth-order valence-corrected chi connectivity index (χ4v) is 4.65. The van der Waals surface area contributed by atoms with Gasteiger partial charge in [0.05, 0.1) is 11.0 Å². The van der Waals surface area contributed by atoms with Crippen LogP contribution in [0.5, 0.6) is 0 Å². The molecule has 4 rings (SSSR count). The van der Waals surface area contributed by atoms with Gasteiger partial charge in [-0.15, -0.1) is 0 Å². The summed E-state index contributed by atoms with van der Waals surface area (Å²) in [6.45, 7) is 3.40. The highest BCUT2D eigenvalue weighted by atomic mass is 15.1. The third-order valence-corrected chi connectivity index (χ3v) is 5.63. The second kappa shape index (κ2) is 5.04. The Morgan fingerprint density at radius 2 is 2.19 bits per heavy atom. The first-order valence-corrected chi connectivity index (χ1v) is 8.49. The first-order chi connectivity index (χ1) is 10.2. The molecule has 0 amide bonds. The molecular formula is C18H25N3. The van der Waals surface area contributed by atoms with Gasteiger partial charge >= 0.3 is 0 Å². The molecule has 2 N–H and O–H groups in total. The summed E-state index contributed by atoms with van der Waals surface area (Å²) in [7, 11) is 0. The van der Waals surface area contributed by atoms with E-state index in [-0.39, 0.29) is 0 Å². The van der Waals surface area contributed by atoms with Crippen LogP contribution < -0.4 is 5.73 Å². The lowest BCUT2D eigenvalue weighted by molar-refractivity contribution is 0.295. The van der Waals surface area contributed by atoms with Crippen LogP contribution in [0.3, 0.4) is 0 Å². The quantitative estimate of drug-likeness (QED) is 0.862. The number of nitrogen functional groups attached to an aromatic ring is 1. The highest BCUT2D eigenvalue weighted by molar-refractivity contribution is 5.79. The molecule has 21 heavy (non-hydrogen) atoms. The van der Waals surface area contributed by atoms with E-state index in [1.807, 2.05) is 12.1 Å². The normalized spacial score (nSPS) is 27.8. The number of anilines is 1. The predicted octanol–water partition coefficient (Wildman–Crippen LogP) is 4.01. The lowest BCUT2D eigenvalue weighted by Gasteiger charge is -2.23. The minimum atomic E-state index is 0.815. The van der Waals surface area contributed by atoms with Crippen LogP contribution in [0, 0.1) is 17.8 Å². The Morgan fingerprint density at radius 3 is 2.90 bits per heavy atom. The number of rotatable bonds is 4. The zero-order chi connectivity index (χ0) is 14.4. The first kappa shape index (κ1) is 13.2. The number of hydrogen-bond donors (Lipinski definition) is 1. The van der Waals surface area contributed by atoms with Gasteiger partial charge in [0.25, 0.3) is 0 Å². The summed E-state index contributed by atoms with van der Waals surface area (Å²) < 4.78 is 2.49. The number of benzene rings is 1. The third kappa shape index (κ3) is 2.23. The second-order valence-electron chi connectivity index (χ2n) is 7.07. The molecule has 3 atom stereocenters. The fourth-order valence-electron chi connectivity index (χ4n) is 4.65. The van der Waals surface area contributed by atoms with Gasteiger partial charge in [0, 0.05) is 18.7 Å². The lowest BCUT2D eigenvalue weighted by atomic mass is 9.88. The molecule has 3 unspecified atom stereocenters. The van der Waals surface area contributed by atoms with Crippen molar-refractivity contribution >= 4 is 16.7 Å². The zero-order valence-corrected chi connectivity index (χ0v) is 12.9. The molecule has 2 aromatic rings. The van der Waals surface area contributed by atoms with Gasteiger partial charge in [-0.1, -0.05) is 13.3 Å². The Balaban J connectivity index is 1.70. The van der Waals surface area contributed by atoms with Crippen molar-refractivity contribution in [3.63, 3.8) is 0 Å². The molecular weight excluding hydrogens is 258 g/mol. The summed E-state index contributed by atoms with van der Waals surface area (Å²) in [5.74, 6) is 4.10. The molecule has 2 saturated carbocycles. The highest BCUT2D eigenvalue weighted by Gasteiger charge is 2.39. The van der Waals surface area contributed by atoms with Crippen LogP contribution >= 0.6 is 0 Å². The average Bonchev–Trinajstić information content (AvgIpc) is 3.14. The molecule has 1 aromatic carbocycles. The van der Waals surface area contributed by atoms with Crippen LogP contribution in [0.1, 0.15) is 44.9 Å². The molecule has 2 aliphatic carbocycles. The Hall–Kier alpha value is -1.51. The molecule has 2 fully saturated rings. The molecule has 1 aromatic heterocycles. The van der Waals surface area contributed by atoms with Gasteiger partial charge in [0.2, 0.25) is 0 Å². The molecule has 112 valence electrons. The summed E-state index contributed by atoms with van der Waals surface area (Å²) >= 11 is 0. The molecule has 0 spiro atoms. The van der Waals surface area contributed by atoms with Crippen molar-refractivity contribution in [1.29, 1.82) is 0 Å². The minimum Gasteiger partial charge on any atom is -0.399 e. The van der Waals surface area contributed by atoms with E-state index in [1.165, 1.54) is 37.0 Å². The van der Waals surface area contributed by atoms with E-state index >= 15 is 0 Å². The smallest absolute Gasteiger partial charge is 0.109 e. The van der Waals surface area contributed by atoms with Crippen molar-refractivity contribution in [3.8, 4) is 0 Å². The van der Waals surface area contributed by atoms with Gasteiger partial charge in [0.1, 0.15) is 5.82 Å². The number of hydrogen-bond acceptors (Lipinski definition) is 2. The maximum atomic E-state index is 5.92. The first-order valence-electron chi connectivity index (χ1n) is 8.49. The Kier molecular flexibility index (Phi) is 3.16. The van der Waals surface area contributed by atoms with Gasteiger partial charge in [-0.05, 0) is 61.6 Å². The van der Waals surface area contributed by atoms with Gasteiger partial charge in [0.15, 0.2) is 0 Å².